The molecule has 0 amide bonds. The Balaban J connectivity index is 2.15. The largest absolute Gasteiger partial charge is 0.391 e. The lowest BCUT2D eigenvalue weighted by Crippen LogP contribution is -2.27. The molecular formula is C13H18BrNO. The molecule has 1 aromatic carbocycles. The number of nitrogens with one attached hydrogen (secondary N) is 1. The third kappa shape index (κ3) is 2.41. The summed E-state index contributed by atoms with van der Waals surface area (Å²) in [5.41, 5.74) is 3.58. The van der Waals surface area contributed by atoms with Gasteiger partial charge in [0, 0.05) is 10.2 Å². The first-order valence-corrected chi connectivity index (χ1v) is 6.58. The highest BCUT2D eigenvalue weighted by molar-refractivity contribution is 9.10. The van der Waals surface area contributed by atoms with Crippen molar-refractivity contribution in [3.8, 4) is 0 Å². The molecule has 0 spiro atoms. The Morgan fingerprint density at radius 3 is 2.38 bits per heavy atom. The topological polar surface area (TPSA) is 32.3 Å². The molecule has 3 heteroatoms. The number of aliphatic hydroxyl groups excluding tert-OH is 1. The summed E-state index contributed by atoms with van der Waals surface area (Å²) in [6.45, 7) is 4.18. The van der Waals surface area contributed by atoms with Gasteiger partial charge < -0.3 is 10.4 Å². The summed E-state index contributed by atoms with van der Waals surface area (Å²) in [5, 5.41) is 13.2. The summed E-state index contributed by atoms with van der Waals surface area (Å²) in [4.78, 5) is 0. The Morgan fingerprint density at radius 2 is 1.88 bits per heavy atom. The van der Waals surface area contributed by atoms with Gasteiger partial charge in [-0.3, -0.25) is 0 Å². The molecule has 2 nitrogen and oxygen atoms in total. The van der Waals surface area contributed by atoms with E-state index < -0.39 is 0 Å². The van der Waals surface area contributed by atoms with E-state index in [0.29, 0.717) is 0 Å². The SMILES string of the molecule is Cc1cc(N[C@@H]2CCC[C@H]2O)cc(C)c1Br. The summed E-state index contributed by atoms with van der Waals surface area (Å²) in [6.07, 6.45) is 2.92. The number of halogens is 1. The zero-order valence-electron chi connectivity index (χ0n) is 9.76. The summed E-state index contributed by atoms with van der Waals surface area (Å²) >= 11 is 3.56. The lowest BCUT2D eigenvalue weighted by Gasteiger charge is -2.19. The van der Waals surface area contributed by atoms with Crippen LogP contribution < -0.4 is 5.32 Å². The fraction of sp³-hybridized carbons (Fsp3) is 0.538. The zero-order chi connectivity index (χ0) is 11.7. The van der Waals surface area contributed by atoms with Crippen LogP contribution in [0.4, 0.5) is 5.69 Å². The third-order valence-electron chi connectivity index (χ3n) is 3.27. The zero-order valence-corrected chi connectivity index (χ0v) is 11.3. The van der Waals surface area contributed by atoms with Gasteiger partial charge in [-0.05, 0) is 56.4 Å². The Hall–Kier alpha value is -0.540. The highest BCUT2D eigenvalue weighted by Gasteiger charge is 2.24. The van der Waals surface area contributed by atoms with Crippen LogP contribution in [0.2, 0.25) is 0 Å². The molecule has 0 aromatic heterocycles. The molecule has 0 bridgehead atoms. The van der Waals surface area contributed by atoms with E-state index in [-0.39, 0.29) is 12.1 Å². The summed E-state index contributed by atoms with van der Waals surface area (Å²) in [5.74, 6) is 0. The lowest BCUT2D eigenvalue weighted by atomic mass is 10.1. The van der Waals surface area contributed by atoms with E-state index in [1.807, 2.05) is 0 Å². The maximum atomic E-state index is 9.77. The number of anilines is 1. The molecular weight excluding hydrogens is 266 g/mol. The Kier molecular flexibility index (Phi) is 3.55. The van der Waals surface area contributed by atoms with Crippen LogP contribution in [0.25, 0.3) is 0 Å². The molecule has 1 saturated carbocycles. The molecule has 2 atom stereocenters. The van der Waals surface area contributed by atoms with Crippen molar-refractivity contribution in [2.45, 2.75) is 45.3 Å². The minimum atomic E-state index is -0.191. The predicted molar refractivity (Wildman–Crippen MR) is 70.9 cm³/mol. The van der Waals surface area contributed by atoms with Gasteiger partial charge in [-0.15, -0.1) is 0 Å². The molecule has 0 unspecified atom stereocenters. The molecule has 0 radical (unpaired) electrons. The maximum absolute atomic E-state index is 9.77. The van der Waals surface area contributed by atoms with E-state index in [4.69, 9.17) is 0 Å². The third-order valence-corrected chi connectivity index (χ3v) is 4.52. The average Bonchev–Trinajstić information content (AvgIpc) is 2.61. The summed E-state index contributed by atoms with van der Waals surface area (Å²) < 4.78 is 1.17. The molecule has 1 aromatic rings. The quantitative estimate of drug-likeness (QED) is 0.872. The molecule has 1 fully saturated rings. The molecule has 88 valence electrons. The van der Waals surface area contributed by atoms with Gasteiger partial charge in [-0.1, -0.05) is 15.9 Å². The van der Waals surface area contributed by atoms with Crippen molar-refractivity contribution in [3.63, 3.8) is 0 Å². The first kappa shape index (κ1) is 11.9. The van der Waals surface area contributed by atoms with Gasteiger partial charge in [-0.25, -0.2) is 0 Å². The van der Waals surface area contributed by atoms with Gasteiger partial charge >= 0.3 is 0 Å². The molecule has 1 aliphatic rings. The van der Waals surface area contributed by atoms with Crippen LogP contribution in [0.1, 0.15) is 30.4 Å². The Morgan fingerprint density at radius 1 is 1.25 bits per heavy atom. The van der Waals surface area contributed by atoms with Gasteiger partial charge in [0.05, 0.1) is 12.1 Å². The van der Waals surface area contributed by atoms with Crippen molar-refractivity contribution in [1.82, 2.24) is 0 Å². The van der Waals surface area contributed by atoms with E-state index >= 15 is 0 Å². The number of hydrogen-bond donors (Lipinski definition) is 2. The van der Waals surface area contributed by atoms with E-state index in [9.17, 15) is 5.11 Å². The van der Waals surface area contributed by atoms with Crippen LogP contribution in [-0.4, -0.2) is 17.3 Å². The minimum absolute atomic E-state index is 0.191. The lowest BCUT2D eigenvalue weighted by molar-refractivity contribution is 0.172. The standard InChI is InChI=1S/C13H18BrNO/c1-8-6-10(7-9(2)13(8)14)15-11-4-3-5-12(11)16/h6-7,11-12,15-16H,3-5H2,1-2H3/t11-,12-/m1/s1. The van der Waals surface area contributed by atoms with Crippen molar-refractivity contribution in [1.29, 1.82) is 0 Å². The molecule has 16 heavy (non-hydrogen) atoms. The van der Waals surface area contributed by atoms with Gasteiger partial charge in [0.2, 0.25) is 0 Å². The summed E-state index contributed by atoms with van der Waals surface area (Å²) in [7, 11) is 0. The Bertz CT molecular complexity index is 369. The molecule has 1 aliphatic carbocycles. The van der Waals surface area contributed by atoms with E-state index in [1.165, 1.54) is 15.6 Å². The predicted octanol–water partition coefficient (Wildman–Crippen LogP) is 3.39. The van der Waals surface area contributed by atoms with Gasteiger partial charge in [0.1, 0.15) is 0 Å². The van der Waals surface area contributed by atoms with Gasteiger partial charge in [0.25, 0.3) is 0 Å². The molecule has 2 N–H and O–H groups in total. The fourth-order valence-corrected chi connectivity index (χ4v) is 2.58. The van der Waals surface area contributed by atoms with Crippen LogP contribution in [-0.2, 0) is 0 Å². The van der Waals surface area contributed by atoms with Crippen LogP contribution in [0.3, 0.4) is 0 Å². The van der Waals surface area contributed by atoms with Crippen LogP contribution in [0, 0.1) is 13.8 Å². The number of hydrogen-bond acceptors (Lipinski definition) is 2. The van der Waals surface area contributed by atoms with Crippen molar-refractivity contribution in [2.75, 3.05) is 5.32 Å². The monoisotopic (exact) mass is 283 g/mol. The van der Waals surface area contributed by atoms with Crippen LogP contribution in [0.5, 0.6) is 0 Å². The number of aryl methyl sites for hydroxylation is 2. The number of aliphatic hydroxyl groups is 1. The second-order valence-corrected chi connectivity index (χ2v) is 5.47. The second-order valence-electron chi connectivity index (χ2n) is 4.67. The van der Waals surface area contributed by atoms with Crippen LogP contribution in [0.15, 0.2) is 16.6 Å². The average molecular weight is 284 g/mol. The maximum Gasteiger partial charge on any atom is 0.0741 e. The van der Waals surface area contributed by atoms with Crippen molar-refractivity contribution < 1.29 is 5.11 Å². The van der Waals surface area contributed by atoms with Crippen molar-refractivity contribution >= 4 is 21.6 Å². The molecule has 0 heterocycles. The fourth-order valence-electron chi connectivity index (χ4n) is 2.35. The van der Waals surface area contributed by atoms with E-state index in [1.54, 1.807) is 0 Å². The molecule has 2 rings (SSSR count). The second kappa shape index (κ2) is 4.76. The summed E-state index contributed by atoms with van der Waals surface area (Å²) in [6, 6.07) is 4.48. The van der Waals surface area contributed by atoms with Crippen LogP contribution >= 0.6 is 15.9 Å². The normalized spacial score (nSPS) is 24.8. The van der Waals surface area contributed by atoms with E-state index in [0.717, 1.165) is 24.9 Å². The molecule has 0 saturated heterocycles. The van der Waals surface area contributed by atoms with Crippen molar-refractivity contribution in [3.05, 3.63) is 27.7 Å². The molecule has 0 aliphatic heterocycles. The minimum Gasteiger partial charge on any atom is -0.391 e. The smallest absolute Gasteiger partial charge is 0.0741 e. The van der Waals surface area contributed by atoms with E-state index in [2.05, 4.69) is 47.2 Å². The van der Waals surface area contributed by atoms with Gasteiger partial charge in [-0.2, -0.15) is 0 Å². The highest BCUT2D eigenvalue weighted by Crippen LogP contribution is 2.28. The van der Waals surface area contributed by atoms with Gasteiger partial charge in [0.15, 0.2) is 0 Å². The Labute approximate surface area is 105 Å². The highest BCUT2D eigenvalue weighted by atomic mass is 79.9. The number of rotatable bonds is 2. The first-order chi connectivity index (χ1) is 7.58. The first-order valence-electron chi connectivity index (χ1n) is 5.79. The number of benzene rings is 1. The van der Waals surface area contributed by atoms with Crippen molar-refractivity contribution in [2.24, 2.45) is 0 Å².